The lowest BCUT2D eigenvalue weighted by Crippen LogP contribution is -2.17. The minimum atomic E-state index is -0.147. The molecule has 0 saturated carbocycles. The summed E-state index contributed by atoms with van der Waals surface area (Å²) in [5.74, 6) is 0.344. The molecule has 1 amide bonds. The predicted molar refractivity (Wildman–Crippen MR) is 89.5 cm³/mol. The van der Waals surface area contributed by atoms with E-state index >= 15 is 0 Å². The zero-order valence-corrected chi connectivity index (χ0v) is 13.3. The highest BCUT2D eigenvalue weighted by Crippen LogP contribution is 2.22. The summed E-state index contributed by atoms with van der Waals surface area (Å²) in [6, 6.07) is 12.7. The van der Waals surface area contributed by atoms with E-state index in [1.54, 1.807) is 24.3 Å². The Morgan fingerprint density at radius 2 is 1.95 bits per heavy atom. The van der Waals surface area contributed by atoms with Crippen LogP contribution < -0.4 is 5.32 Å². The van der Waals surface area contributed by atoms with E-state index in [1.165, 1.54) is 0 Å². The van der Waals surface area contributed by atoms with Crippen molar-refractivity contribution in [1.82, 2.24) is 9.55 Å². The van der Waals surface area contributed by atoms with Crippen molar-refractivity contribution in [2.45, 2.75) is 6.42 Å². The minimum Gasteiger partial charge on any atom is -0.313 e. The van der Waals surface area contributed by atoms with Gasteiger partial charge in [-0.3, -0.25) is 10.1 Å². The number of carbonyl (C=O) groups is 1. The van der Waals surface area contributed by atoms with Crippen LogP contribution >= 0.6 is 23.2 Å². The number of nitrogens with one attached hydrogen (secondary N) is 1. The number of nitrogens with zero attached hydrogens (tertiary/aromatic N) is 2. The first kappa shape index (κ1) is 14.9. The summed E-state index contributed by atoms with van der Waals surface area (Å²) in [6.45, 7) is 0. The van der Waals surface area contributed by atoms with Crippen molar-refractivity contribution in [3.8, 4) is 0 Å². The van der Waals surface area contributed by atoms with Crippen molar-refractivity contribution < 1.29 is 4.79 Å². The number of aryl methyl sites for hydroxylation is 1. The van der Waals surface area contributed by atoms with Crippen LogP contribution in [-0.4, -0.2) is 15.5 Å². The lowest BCUT2D eigenvalue weighted by molar-refractivity contribution is -0.115. The number of rotatable bonds is 3. The molecule has 0 atom stereocenters. The Morgan fingerprint density at radius 1 is 1.18 bits per heavy atom. The third-order valence-electron chi connectivity index (χ3n) is 3.35. The first-order valence-electron chi connectivity index (χ1n) is 6.69. The Hall–Kier alpha value is -2.04. The highest BCUT2D eigenvalue weighted by molar-refractivity contribution is 6.31. The molecule has 3 aromatic rings. The molecule has 0 aliphatic rings. The van der Waals surface area contributed by atoms with Crippen LogP contribution in [0.25, 0.3) is 11.0 Å². The number of anilines is 1. The van der Waals surface area contributed by atoms with E-state index < -0.39 is 0 Å². The molecule has 0 bridgehead atoms. The lowest BCUT2D eigenvalue weighted by atomic mass is 10.1. The first-order chi connectivity index (χ1) is 10.5. The summed E-state index contributed by atoms with van der Waals surface area (Å²) in [7, 11) is 1.85. The largest absolute Gasteiger partial charge is 0.313 e. The van der Waals surface area contributed by atoms with Gasteiger partial charge in [-0.1, -0.05) is 35.3 Å². The van der Waals surface area contributed by atoms with Gasteiger partial charge in [0.05, 0.1) is 17.5 Å². The predicted octanol–water partition coefficient (Wildman–Crippen LogP) is 4.06. The second-order valence-electron chi connectivity index (χ2n) is 4.98. The van der Waals surface area contributed by atoms with Gasteiger partial charge in [-0.2, -0.15) is 0 Å². The molecule has 0 unspecified atom stereocenters. The molecule has 1 N–H and O–H groups in total. The minimum absolute atomic E-state index is 0.147. The molecule has 0 saturated heterocycles. The normalized spacial score (nSPS) is 10.9. The van der Waals surface area contributed by atoms with Gasteiger partial charge in [0.1, 0.15) is 0 Å². The second kappa shape index (κ2) is 5.99. The quantitative estimate of drug-likeness (QED) is 0.785. The van der Waals surface area contributed by atoms with Crippen LogP contribution in [0, 0.1) is 0 Å². The topological polar surface area (TPSA) is 46.9 Å². The molecule has 6 heteroatoms. The smallest absolute Gasteiger partial charge is 0.231 e. The molecule has 0 aliphatic heterocycles. The van der Waals surface area contributed by atoms with E-state index in [1.807, 2.05) is 29.8 Å². The molecular formula is C16H13Cl2N3O. The number of carbonyl (C=O) groups excluding carboxylic acids is 1. The fourth-order valence-electron chi connectivity index (χ4n) is 2.29. The third-order valence-corrected chi connectivity index (χ3v) is 3.82. The molecule has 0 radical (unpaired) electrons. The van der Waals surface area contributed by atoms with Crippen molar-refractivity contribution in [2.75, 3.05) is 5.32 Å². The average Bonchev–Trinajstić information content (AvgIpc) is 2.74. The Labute approximate surface area is 137 Å². The average molecular weight is 334 g/mol. The Balaban J connectivity index is 1.80. The van der Waals surface area contributed by atoms with Gasteiger partial charge in [-0.15, -0.1) is 0 Å². The molecule has 3 rings (SSSR count). The van der Waals surface area contributed by atoms with Crippen LogP contribution in [0.3, 0.4) is 0 Å². The molecule has 0 spiro atoms. The molecule has 0 fully saturated rings. The molecule has 22 heavy (non-hydrogen) atoms. The second-order valence-corrected chi connectivity index (χ2v) is 5.86. The van der Waals surface area contributed by atoms with E-state index in [0.29, 0.717) is 16.0 Å². The number of aromatic nitrogens is 2. The van der Waals surface area contributed by atoms with Gasteiger partial charge in [0.15, 0.2) is 0 Å². The monoisotopic (exact) mass is 333 g/mol. The van der Waals surface area contributed by atoms with Crippen molar-refractivity contribution >= 4 is 46.1 Å². The van der Waals surface area contributed by atoms with Crippen molar-refractivity contribution in [2.24, 2.45) is 7.05 Å². The van der Waals surface area contributed by atoms with Crippen molar-refractivity contribution in [3.63, 3.8) is 0 Å². The maximum Gasteiger partial charge on any atom is 0.231 e. The molecule has 0 aliphatic carbocycles. The highest BCUT2D eigenvalue weighted by Gasteiger charge is 2.11. The summed E-state index contributed by atoms with van der Waals surface area (Å²) in [4.78, 5) is 16.5. The Bertz CT molecular complexity index is 858. The van der Waals surface area contributed by atoms with Crippen molar-refractivity contribution in [3.05, 3.63) is 58.1 Å². The van der Waals surface area contributed by atoms with E-state index in [2.05, 4.69) is 10.3 Å². The number of hydrogen-bond acceptors (Lipinski definition) is 2. The van der Waals surface area contributed by atoms with Crippen LogP contribution in [0.15, 0.2) is 42.5 Å². The van der Waals surface area contributed by atoms with E-state index in [4.69, 9.17) is 23.2 Å². The van der Waals surface area contributed by atoms with Gasteiger partial charge < -0.3 is 4.57 Å². The zero-order chi connectivity index (χ0) is 15.7. The molecule has 112 valence electrons. The molecule has 1 heterocycles. The molecule has 2 aromatic carbocycles. The number of fused-ring (bicyclic) bond motifs is 1. The van der Waals surface area contributed by atoms with Crippen LogP contribution in [0.2, 0.25) is 10.0 Å². The van der Waals surface area contributed by atoms with Gasteiger partial charge >= 0.3 is 0 Å². The van der Waals surface area contributed by atoms with Crippen molar-refractivity contribution in [1.29, 1.82) is 0 Å². The Kier molecular flexibility index (Phi) is 4.05. The van der Waals surface area contributed by atoms with Crippen LogP contribution in [-0.2, 0) is 18.3 Å². The van der Waals surface area contributed by atoms with Gasteiger partial charge in [-0.05, 0) is 35.9 Å². The summed E-state index contributed by atoms with van der Waals surface area (Å²) in [5.41, 5.74) is 2.50. The summed E-state index contributed by atoms with van der Waals surface area (Å²) in [6.07, 6.45) is 0.241. The SMILES string of the molecule is Cn1c(NC(=O)Cc2cccc(Cl)c2)nc2cc(Cl)ccc21. The van der Waals surface area contributed by atoms with E-state index in [-0.39, 0.29) is 12.3 Å². The Morgan fingerprint density at radius 3 is 2.73 bits per heavy atom. The number of amides is 1. The number of hydrogen-bond donors (Lipinski definition) is 1. The number of halogens is 2. The van der Waals surface area contributed by atoms with Crippen LogP contribution in [0.5, 0.6) is 0 Å². The third kappa shape index (κ3) is 3.08. The molecule has 4 nitrogen and oxygen atoms in total. The fraction of sp³-hybridized carbons (Fsp3) is 0.125. The fourth-order valence-corrected chi connectivity index (χ4v) is 2.67. The first-order valence-corrected chi connectivity index (χ1v) is 7.45. The van der Waals surface area contributed by atoms with E-state index in [9.17, 15) is 4.79 Å². The maximum absolute atomic E-state index is 12.2. The molecular weight excluding hydrogens is 321 g/mol. The summed E-state index contributed by atoms with van der Waals surface area (Å²) in [5, 5.41) is 4.04. The van der Waals surface area contributed by atoms with E-state index in [0.717, 1.165) is 16.6 Å². The zero-order valence-electron chi connectivity index (χ0n) is 11.8. The van der Waals surface area contributed by atoms with Gasteiger partial charge in [0.25, 0.3) is 0 Å². The summed E-state index contributed by atoms with van der Waals surface area (Å²) < 4.78 is 1.82. The van der Waals surface area contributed by atoms with Gasteiger partial charge in [-0.25, -0.2) is 4.98 Å². The maximum atomic E-state index is 12.2. The molecule has 1 aromatic heterocycles. The lowest BCUT2D eigenvalue weighted by Gasteiger charge is -2.05. The summed E-state index contributed by atoms with van der Waals surface area (Å²) >= 11 is 11.9. The highest BCUT2D eigenvalue weighted by atomic mass is 35.5. The van der Waals surface area contributed by atoms with Gasteiger partial charge in [0, 0.05) is 17.1 Å². The van der Waals surface area contributed by atoms with Crippen LogP contribution in [0.4, 0.5) is 5.95 Å². The van der Waals surface area contributed by atoms with Gasteiger partial charge in [0.2, 0.25) is 11.9 Å². The number of imidazole rings is 1. The number of benzene rings is 2. The van der Waals surface area contributed by atoms with Crippen LogP contribution in [0.1, 0.15) is 5.56 Å². The standard InChI is InChI=1S/C16H13Cl2N3O/c1-21-14-6-5-12(18)9-13(14)19-16(21)20-15(22)8-10-3-2-4-11(17)7-10/h2-7,9H,8H2,1H3,(H,19,20,22).